The Labute approximate surface area is 187 Å². The van der Waals surface area contributed by atoms with Gasteiger partial charge in [-0.25, -0.2) is 4.98 Å². The normalized spacial score (nSPS) is 13.0. The topological polar surface area (TPSA) is 81.2 Å². The van der Waals surface area contributed by atoms with E-state index in [1.807, 2.05) is 0 Å². The Morgan fingerprint density at radius 1 is 1.09 bits per heavy atom. The van der Waals surface area contributed by atoms with Crippen molar-refractivity contribution in [1.29, 1.82) is 0 Å². The van der Waals surface area contributed by atoms with E-state index < -0.39 is 30.7 Å². The van der Waals surface area contributed by atoms with Crippen LogP contribution in [-0.2, 0) is 11.2 Å². The summed E-state index contributed by atoms with van der Waals surface area (Å²) < 4.78 is 66.9. The second-order valence-corrected chi connectivity index (χ2v) is 7.90. The molecule has 0 aromatic carbocycles. The summed E-state index contributed by atoms with van der Waals surface area (Å²) in [6.07, 6.45) is -4.68. The van der Waals surface area contributed by atoms with Gasteiger partial charge in [-0.2, -0.15) is 22.0 Å². The summed E-state index contributed by atoms with van der Waals surface area (Å²) in [6, 6.07) is 5.23. The van der Waals surface area contributed by atoms with Crippen LogP contribution in [0.25, 0.3) is 0 Å². The lowest BCUT2D eigenvalue weighted by Gasteiger charge is -2.19. The number of carbonyl (C=O) groups is 2. The first kappa shape index (κ1) is 26.1. The van der Waals surface area contributed by atoms with Gasteiger partial charge in [0.25, 0.3) is 5.91 Å². The van der Waals surface area contributed by atoms with Gasteiger partial charge in [0.05, 0.1) is 12.2 Å². The quantitative estimate of drug-likeness (QED) is 0.538. The molecule has 2 aromatic heterocycles. The summed E-state index contributed by atoms with van der Waals surface area (Å²) in [5, 5.41) is 2.71. The molecule has 1 atom stereocenters. The van der Waals surface area contributed by atoms with Gasteiger partial charge in [-0.05, 0) is 43.7 Å². The lowest BCUT2D eigenvalue weighted by Crippen LogP contribution is -2.41. The molecule has 1 unspecified atom stereocenters. The van der Waals surface area contributed by atoms with Crippen LogP contribution in [0.4, 0.5) is 22.0 Å². The molecule has 0 radical (unpaired) electrons. The van der Waals surface area contributed by atoms with Gasteiger partial charge in [0.15, 0.2) is 6.61 Å². The SMILES string of the molecule is Cc1cc(C(C)NC(=O)c2ccc(OCC(F)(F)C(F)(F)F)cn2)cc(CC(=O)C(C)C)n1. The van der Waals surface area contributed by atoms with Crippen LogP contribution < -0.4 is 10.1 Å². The first-order chi connectivity index (χ1) is 15.2. The van der Waals surface area contributed by atoms with E-state index in [0.29, 0.717) is 11.4 Å². The van der Waals surface area contributed by atoms with Crippen LogP contribution in [0.3, 0.4) is 0 Å². The molecule has 33 heavy (non-hydrogen) atoms. The molecule has 6 nitrogen and oxygen atoms in total. The highest BCUT2D eigenvalue weighted by atomic mass is 19.4. The Bertz CT molecular complexity index is 992. The fourth-order valence-electron chi connectivity index (χ4n) is 2.70. The predicted molar refractivity (Wildman–Crippen MR) is 109 cm³/mol. The second-order valence-electron chi connectivity index (χ2n) is 7.90. The van der Waals surface area contributed by atoms with Gasteiger partial charge in [0, 0.05) is 23.7 Å². The monoisotopic (exact) mass is 473 g/mol. The van der Waals surface area contributed by atoms with Crippen molar-refractivity contribution in [3.05, 3.63) is 53.1 Å². The van der Waals surface area contributed by atoms with Gasteiger partial charge in [-0.1, -0.05) is 13.8 Å². The Morgan fingerprint density at radius 3 is 2.30 bits per heavy atom. The van der Waals surface area contributed by atoms with Gasteiger partial charge in [-0.15, -0.1) is 0 Å². The average Bonchev–Trinajstić information content (AvgIpc) is 2.71. The van der Waals surface area contributed by atoms with Crippen molar-refractivity contribution in [2.75, 3.05) is 6.61 Å². The highest BCUT2D eigenvalue weighted by Gasteiger charge is 2.58. The molecule has 0 aliphatic carbocycles. The van der Waals surface area contributed by atoms with E-state index >= 15 is 0 Å². The molecule has 1 N–H and O–H groups in total. The number of hydrogen-bond acceptors (Lipinski definition) is 5. The smallest absolute Gasteiger partial charge is 0.456 e. The highest BCUT2D eigenvalue weighted by Crippen LogP contribution is 2.35. The third-order valence-electron chi connectivity index (χ3n) is 4.68. The molecule has 0 saturated carbocycles. The molecule has 0 saturated heterocycles. The summed E-state index contributed by atoms with van der Waals surface area (Å²) in [4.78, 5) is 32.6. The van der Waals surface area contributed by atoms with E-state index in [4.69, 9.17) is 0 Å². The Morgan fingerprint density at radius 2 is 1.76 bits per heavy atom. The minimum Gasteiger partial charge on any atom is -0.485 e. The number of nitrogens with zero attached hydrogens (tertiary/aromatic N) is 2. The maximum Gasteiger partial charge on any atom is 0.456 e. The fraction of sp³-hybridized carbons (Fsp3) is 0.455. The van der Waals surface area contributed by atoms with Crippen LogP contribution in [0.2, 0.25) is 0 Å². The summed E-state index contributed by atoms with van der Waals surface area (Å²) in [6.45, 7) is 5.19. The van der Waals surface area contributed by atoms with E-state index in [0.717, 1.165) is 23.9 Å². The van der Waals surface area contributed by atoms with Gasteiger partial charge in [0.1, 0.15) is 17.2 Å². The average molecular weight is 473 g/mol. The number of ketones is 1. The summed E-state index contributed by atoms with van der Waals surface area (Å²) in [5.74, 6) is -6.04. The van der Waals surface area contributed by atoms with Crippen LogP contribution in [0, 0.1) is 12.8 Å². The van der Waals surface area contributed by atoms with Crippen molar-refractivity contribution in [1.82, 2.24) is 15.3 Å². The number of pyridine rings is 2. The van der Waals surface area contributed by atoms with E-state index in [-0.39, 0.29) is 29.6 Å². The number of aromatic nitrogens is 2. The van der Waals surface area contributed by atoms with Crippen LogP contribution in [0.1, 0.15) is 54.3 Å². The molecular weight excluding hydrogens is 449 g/mol. The van der Waals surface area contributed by atoms with Gasteiger partial charge in [-0.3, -0.25) is 14.6 Å². The number of ether oxygens (including phenoxy) is 1. The Hall–Kier alpha value is -3.11. The van der Waals surface area contributed by atoms with Crippen molar-refractivity contribution < 1.29 is 36.3 Å². The lowest BCUT2D eigenvalue weighted by atomic mass is 10.0. The molecule has 11 heteroatoms. The molecule has 180 valence electrons. The van der Waals surface area contributed by atoms with E-state index in [9.17, 15) is 31.5 Å². The molecule has 2 aromatic rings. The molecule has 0 bridgehead atoms. The molecular formula is C22H24F5N3O3. The van der Waals surface area contributed by atoms with Gasteiger partial charge >= 0.3 is 12.1 Å². The van der Waals surface area contributed by atoms with Crippen LogP contribution in [0.5, 0.6) is 5.75 Å². The Kier molecular flexibility index (Phi) is 8.10. The zero-order chi connectivity index (χ0) is 25.0. The molecule has 0 spiro atoms. The fourth-order valence-corrected chi connectivity index (χ4v) is 2.70. The number of aryl methyl sites for hydroxylation is 1. The third kappa shape index (κ3) is 7.19. The first-order valence-corrected chi connectivity index (χ1v) is 10.0. The Balaban J connectivity index is 2.03. The molecule has 2 heterocycles. The van der Waals surface area contributed by atoms with Crippen molar-refractivity contribution in [3.8, 4) is 5.75 Å². The van der Waals surface area contributed by atoms with E-state index in [1.165, 1.54) is 0 Å². The summed E-state index contributed by atoms with van der Waals surface area (Å²) in [7, 11) is 0. The standard InChI is InChI=1S/C22H24F5N3O3/c1-12(2)19(31)9-16-8-15(7-13(3)29-16)14(4)30-20(32)18-6-5-17(10-28-18)33-11-21(23,24)22(25,26)27/h5-8,10,12,14H,9,11H2,1-4H3,(H,30,32). The van der Waals surface area contributed by atoms with Crippen molar-refractivity contribution >= 4 is 11.7 Å². The minimum absolute atomic E-state index is 0.0373. The number of halogens is 5. The summed E-state index contributed by atoms with van der Waals surface area (Å²) >= 11 is 0. The molecule has 2 rings (SSSR count). The second kappa shape index (κ2) is 10.2. The zero-order valence-electron chi connectivity index (χ0n) is 18.5. The maximum atomic E-state index is 12.9. The molecule has 0 aliphatic rings. The third-order valence-corrected chi connectivity index (χ3v) is 4.68. The lowest BCUT2D eigenvalue weighted by molar-refractivity contribution is -0.290. The van der Waals surface area contributed by atoms with E-state index in [2.05, 4.69) is 20.0 Å². The molecule has 1 amide bonds. The van der Waals surface area contributed by atoms with E-state index in [1.54, 1.807) is 39.8 Å². The van der Waals surface area contributed by atoms with Crippen molar-refractivity contribution in [3.63, 3.8) is 0 Å². The number of amides is 1. The zero-order valence-corrected chi connectivity index (χ0v) is 18.5. The molecule has 0 aliphatic heterocycles. The van der Waals surface area contributed by atoms with Crippen LogP contribution >= 0.6 is 0 Å². The van der Waals surface area contributed by atoms with Crippen LogP contribution in [-0.4, -0.2) is 40.4 Å². The first-order valence-electron chi connectivity index (χ1n) is 10.0. The van der Waals surface area contributed by atoms with Crippen LogP contribution in [0.15, 0.2) is 30.5 Å². The highest BCUT2D eigenvalue weighted by molar-refractivity contribution is 5.92. The summed E-state index contributed by atoms with van der Waals surface area (Å²) in [5.41, 5.74) is 1.89. The van der Waals surface area contributed by atoms with Gasteiger partial charge < -0.3 is 10.1 Å². The number of alkyl halides is 5. The maximum absolute atomic E-state index is 12.9. The largest absolute Gasteiger partial charge is 0.485 e. The van der Waals surface area contributed by atoms with Gasteiger partial charge in [0.2, 0.25) is 0 Å². The van der Waals surface area contributed by atoms with Crippen molar-refractivity contribution in [2.24, 2.45) is 5.92 Å². The molecule has 0 fully saturated rings. The minimum atomic E-state index is -5.73. The number of hydrogen-bond donors (Lipinski definition) is 1. The number of Topliss-reactive ketones (excluding diaryl/α,β-unsaturated/α-hetero) is 1. The predicted octanol–water partition coefficient (Wildman–Crippen LogP) is 4.62. The number of rotatable bonds is 9. The van der Waals surface area contributed by atoms with Crippen molar-refractivity contribution in [2.45, 2.75) is 52.3 Å². The number of carbonyl (C=O) groups excluding carboxylic acids is 2. The number of nitrogens with one attached hydrogen (secondary N) is 1.